The Bertz CT molecular complexity index is 483. The zero-order valence-corrected chi connectivity index (χ0v) is 10.6. The lowest BCUT2D eigenvalue weighted by Crippen LogP contribution is -2.48. The third-order valence-electron chi connectivity index (χ3n) is 3.54. The van der Waals surface area contributed by atoms with Gasteiger partial charge in [0.25, 0.3) is 5.91 Å². The summed E-state index contributed by atoms with van der Waals surface area (Å²) in [5.41, 5.74) is -0.350. The summed E-state index contributed by atoms with van der Waals surface area (Å²) >= 11 is 0. The SMILES string of the molecule is Cn1cncc1C(=O)N1CCCC(C)(C(=O)O)C1. The van der Waals surface area contributed by atoms with Gasteiger partial charge in [0.05, 0.1) is 17.9 Å². The molecule has 0 aromatic carbocycles. The quantitative estimate of drug-likeness (QED) is 0.841. The molecule has 6 nitrogen and oxygen atoms in total. The lowest BCUT2D eigenvalue weighted by atomic mass is 9.82. The van der Waals surface area contributed by atoms with Crippen LogP contribution in [0.3, 0.4) is 0 Å². The molecule has 0 spiro atoms. The van der Waals surface area contributed by atoms with Crippen molar-refractivity contribution < 1.29 is 14.7 Å². The third-order valence-corrected chi connectivity index (χ3v) is 3.54. The van der Waals surface area contributed by atoms with E-state index in [4.69, 9.17) is 0 Å². The van der Waals surface area contributed by atoms with E-state index < -0.39 is 11.4 Å². The molecule has 0 saturated carbocycles. The van der Waals surface area contributed by atoms with E-state index in [9.17, 15) is 14.7 Å². The van der Waals surface area contributed by atoms with Crippen LogP contribution in [0.15, 0.2) is 12.5 Å². The van der Waals surface area contributed by atoms with Gasteiger partial charge in [-0.25, -0.2) is 4.98 Å². The minimum absolute atomic E-state index is 0.151. The number of piperidine rings is 1. The third kappa shape index (κ3) is 2.10. The van der Waals surface area contributed by atoms with Gasteiger partial charge in [0, 0.05) is 20.1 Å². The second-order valence-corrected chi connectivity index (χ2v) is 5.09. The number of hydrogen-bond acceptors (Lipinski definition) is 3. The Labute approximate surface area is 105 Å². The normalized spacial score (nSPS) is 24.0. The van der Waals surface area contributed by atoms with Crippen LogP contribution in [0, 0.1) is 5.41 Å². The van der Waals surface area contributed by atoms with Crippen LogP contribution in [-0.2, 0) is 11.8 Å². The fourth-order valence-electron chi connectivity index (χ4n) is 2.31. The van der Waals surface area contributed by atoms with Gasteiger partial charge in [-0.1, -0.05) is 0 Å². The number of amides is 1. The van der Waals surface area contributed by atoms with Crippen molar-refractivity contribution >= 4 is 11.9 Å². The van der Waals surface area contributed by atoms with Gasteiger partial charge in [0.2, 0.25) is 0 Å². The highest BCUT2D eigenvalue weighted by atomic mass is 16.4. The van der Waals surface area contributed by atoms with Crippen molar-refractivity contribution in [1.82, 2.24) is 14.5 Å². The summed E-state index contributed by atoms with van der Waals surface area (Å²) in [6, 6.07) is 0. The summed E-state index contributed by atoms with van der Waals surface area (Å²) in [6.07, 6.45) is 4.40. The van der Waals surface area contributed by atoms with Gasteiger partial charge in [-0.2, -0.15) is 0 Å². The Morgan fingerprint density at radius 2 is 2.22 bits per heavy atom. The summed E-state index contributed by atoms with van der Waals surface area (Å²) in [5, 5.41) is 9.23. The molecular weight excluding hydrogens is 234 g/mol. The van der Waals surface area contributed by atoms with Gasteiger partial charge in [-0.05, 0) is 19.8 Å². The van der Waals surface area contributed by atoms with Gasteiger partial charge in [0.15, 0.2) is 0 Å². The maximum Gasteiger partial charge on any atom is 0.311 e. The molecule has 1 N–H and O–H groups in total. The van der Waals surface area contributed by atoms with Gasteiger partial charge in [-0.3, -0.25) is 9.59 Å². The molecule has 1 unspecified atom stereocenters. The van der Waals surface area contributed by atoms with E-state index >= 15 is 0 Å². The van der Waals surface area contributed by atoms with Crippen LogP contribution in [-0.4, -0.2) is 44.5 Å². The van der Waals surface area contributed by atoms with Crippen LogP contribution in [0.4, 0.5) is 0 Å². The Balaban J connectivity index is 2.17. The molecule has 2 rings (SSSR count). The minimum atomic E-state index is -0.843. The van der Waals surface area contributed by atoms with Crippen LogP contribution >= 0.6 is 0 Å². The van der Waals surface area contributed by atoms with Crippen molar-refractivity contribution in [1.29, 1.82) is 0 Å². The van der Waals surface area contributed by atoms with Crippen LogP contribution in [0.2, 0.25) is 0 Å². The van der Waals surface area contributed by atoms with Crippen molar-refractivity contribution in [3.8, 4) is 0 Å². The van der Waals surface area contributed by atoms with Crippen LogP contribution in [0.5, 0.6) is 0 Å². The molecule has 1 aliphatic heterocycles. The fraction of sp³-hybridized carbons (Fsp3) is 0.583. The molecule has 18 heavy (non-hydrogen) atoms. The van der Waals surface area contributed by atoms with Crippen molar-refractivity contribution in [2.75, 3.05) is 13.1 Å². The molecular formula is C12H17N3O3. The van der Waals surface area contributed by atoms with Crippen molar-refractivity contribution in [3.63, 3.8) is 0 Å². The van der Waals surface area contributed by atoms with E-state index in [2.05, 4.69) is 4.98 Å². The van der Waals surface area contributed by atoms with E-state index in [0.717, 1.165) is 0 Å². The first kappa shape index (κ1) is 12.6. The predicted molar refractivity (Wildman–Crippen MR) is 64.1 cm³/mol. The molecule has 1 aromatic heterocycles. The summed E-state index contributed by atoms with van der Waals surface area (Å²) < 4.78 is 1.65. The molecule has 0 radical (unpaired) electrons. The Hall–Kier alpha value is -1.85. The van der Waals surface area contributed by atoms with Crippen LogP contribution in [0.1, 0.15) is 30.3 Å². The average Bonchev–Trinajstić information content (AvgIpc) is 2.74. The Morgan fingerprint density at radius 1 is 1.50 bits per heavy atom. The zero-order valence-electron chi connectivity index (χ0n) is 10.6. The van der Waals surface area contributed by atoms with E-state index in [1.54, 1.807) is 29.8 Å². The lowest BCUT2D eigenvalue weighted by Gasteiger charge is -2.37. The maximum atomic E-state index is 12.3. The second kappa shape index (κ2) is 4.44. The van der Waals surface area contributed by atoms with Gasteiger partial charge in [0.1, 0.15) is 5.69 Å². The summed E-state index contributed by atoms with van der Waals surface area (Å²) in [4.78, 5) is 29.0. The number of carbonyl (C=O) groups excluding carboxylic acids is 1. The largest absolute Gasteiger partial charge is 0.481 e. The standard InChI is InChI=1S/C12H17N3O3/c1-12(11(17)18)4-3-5-15(7-12)10(16)9-6-13-8-14(9)2/h6,8H,3-5,7H2,1-2H3,(H,17,18). The molecule has 0 aliphatic carbocycles. The van der Waals surface area contributed by atoms with Crippen molar-refractivity contribution in [2.45, 2.75) is 19.8 Å². The molecule has 1 fully saturated rings. The number of likely N-dealkylation sites (tertiary alicyclic amines) is 1. The smallest absolute Gasteiger partial charge is 0.311 e. The van der Waals surface area contributed by atoms with E-state index in [1.165, 1.54) is 6.20 Å². The van der Waals surface area contributed by atoms with E-state index in [1.807, 2.05) is 0 Å². The van der Waals surface area contributed by atoms with Gasteiger partial charge < -0.3 is 14.6 Å². The number of aryl methyl sites for hydroxylation is 1. The molecule has 1 atom stereocenters. The number of carboxylic acids is 1. The highest BCUT2D eigenvalue weighted by Crippen LogP contribution is 2.30. The molecule has 1 aromatic rings. The number of nitrogens with zero attached hydrogens (tertiary/aromatic N) is 3. The number of imidazole rings is 1. The molecule has 1 aliphatic rings. The number of aromatic nitrogens is 2. The van der Waals surface area contributed by atoms with Crippen molar-refractivity contribution in [3.05, 3.63) is 18.2 Å². The fourth-order valence-corrected chi connectivity index (χ4v) is 2.31. The number of carboxylic acid groups (broad SMARTS) is 1. The second-order valence-electron chi connectivity index (χ2n) is 5.09. The van der Waals surface area contributed by atoms with Crippen molar-refractivity contribution in [2.24, 2.45) is 12.5 Å². The number of carbonyl (C=O) groups is 2. The number of rotatable bonds is 2. The molecule has 98 valence electrons. The Morgan fingerprint density at radius 3 is 2.78 bits per heavy atom. The lowest BCUT2D eigenvalue weighted by molar-refractivity contribution is -0.150. The van der Waals surface area contributed by atoms with Gasteiger partial charge >= 0.3 is 5.97 Å². The number of hydrogen-bond donors (Lipinski definition) is 1. The number of aliphatic carboxylic acids is 1. The molecule has 1 saturated heterocycles. The molecule has 1 amide bonds. The summed E-state index contributed by atoms with van der Waals surface area (Å²) in [6.45, 7) is 2.55. The van der Waals surface area contributed by atoms with E-state index in [-0.39, 0.29) is 12.5 Å². The first-order chi connectivity index (χ1) is 8.44. The van der Waals surface area contributed by atoms with Crippen LogP contribution in [0.25, 0.3) is 0 Å². The molecule has 2 heterocycles. The first-order valence-corrected chi connectivity index (χ1v) is 5.93. The minimum Gasteiger partial charge on any atom is -0.481 e. The molecule has 6 heteroatoms. The monoisotopic (exact) mass is 251 g/mol. The topological polar surface area (TPSA) is 75.4 Å². The highest BCUT2D eigenvalue weighted by molar-refractivity contribution is 5.93. The Kier molecular flexibility index (Phi) is 3.11. The van der Waals surface area contributed by atoms with E-state index in [0.29, 0.717) is 25.1 Å². The van der Waals surface area contributed by atoms with Crippen LogP contribution < -0.4 is 0 Å². The van der Waals surface area contributed by atoms with Gasteiger partial charge in [-0.15, -0.1) is 0 Å². The first-order valence-electron chi connectivity index (χ1n) is 5.93. The maximum absolute atomic E-state index is 12.3. The predicted octanol–water partition coefficient (Wildman–Crippen LogP) is 0.747. The summed E-state index contributed by atoms with van der Waals surface area (Å²) in [5.74, 6) is -0.993. The summed E-state index contributed by atoms with van der Waals surface area (Å²) in [7, 11) is 1.75. The average molecular weight is 251 g/mol. The zero-order chi connectivity index (χ0) is 13.3. The highest BCUT2D eigenvalue weighted by Gasteiger charge is 2.39. The molecule has 0 bridgehead atoms.